The molecule has 0 saturated heterocycles. The predicted molar refractivity (Wildman–Crippen MR) is 88.7 cm³/mol. The highest BCUT2D eigenvalue weighted by Crippen LogP contribution is 2.65. The van der Waals surface area contributed by atoms with Gasteiger partial charge in [-0.1, -0.05) is 6.92 Å². The van der Waals surface area contributed by atoms with E-state index in [9.17, 15) is 0 Å². The topological polar surface area (TPSA) is 69.3 Å². The first-order valence-electron chi connectivity index (χ1n) is 8.32. The average Bonchev–Trinajstić information content (AvgIpc) is 2.94. The molecule has 2 aliphatic carbocycles. The zero-order valence-electron chi connectivity index (χ0n) is 14.0. The van der Waals surface area contributed by atoms with Crippen LogP contribution in [0, 0.1) is 11.8 Å². The minimum absolute atomic E-state index is 0.0565. The highest BCUT2D eigenvalue weighted by molar-refractivity contribution is 5.64. The van der Waals surface area contributed by atoms with Crippen LogP contribution < -0.4 is 10.1 Å². The lowest BCUT2D eigenvalue weighted by Crippen LogP contribution is -2.55. The van der Waals surface area contributed by atoms with Gasteiger partial charge in [0.1, 0.15) is 11.1 Å². The van der Waals surface area contributed by atoms with Crippen molar-refractivity contribution in [2.24, 2.45) is 18.9 Å². The Labute approximate surface area is 139 Å². The van der Waals surface area contributed by atoms with Gasteiger partial charge in [-0.3, -0.25) is 4.68 Å². The summed E-state index contributed by atoms with van der Waals surface area (Å²) in [4.78, 5) is 4.78. The third kappa shape index (κ3) is 1.73. The average molecular weight is 324 g/mol. The number of aromatic nitrogens is 5. The van der Waals surface area contributed by atoms with E-state index in [0.717, 1.165) is 23.2 Å². The zero-order chi connectivity index (χ0) is 16.5. The Kier molecular flexibility index (Phi) is 2.66. The van der Waals surface area contributed by atoms with Gasteiger partial charge in [-0.05, 0) is 19.5 Å². The first-order valence-corrected chi connectivity index (χ1v) is 8.32. The molecule has 3 heterocycles. The molecular formula is C17H20N6O. The fraction of sp³-hybridized carbons (Fsp3) is 0.471. The number of nitrogens with one attached hydrogen (secondary N) is 1. The number of ether oxygens (including phenoxy) is 1. The molecule has 0 aliphatic heterocycles. The van der Waals surface area contributed by atoms with Crippen molar-refractivity contribution in [2.75, 3.05) is 7.05 Å². The minimum atomic E-state index is -0.0565. The van der Waals surface area contributed by atoms with Gasteiger partial charge in [-0.25, -0.2) is 9.50 Å². The lowest BCUT2D eigenvalue weighted by atomic mass is 9.78. The number of rotatable bonds is 4. The summed E-state index contributed by atoms with van der Waals surface area (Å²) in [5.74, 6) is 1.74. The van der Waals surface area contributed by atoms with Crippen molar-refractivity contribution in [1.29, 1.82) is 0 Å². The van der Waals surface area contributed by atoms with Gasteiger partial charge in [-0.2, -0.15) is 10.2 Å². The Morgan fingerprint density at radius 2 is 2.21 bits per heavy atom. The number of fused-ring (bicyclic) bond motifs is 2. The van der Waals surface area contributed by atoms with Crippen LogP contribution in [0.2, 0.25) is 0 Å². The van der Waals surface area contributed by atoms with E-state index in [1.54, 1.807) is 10.9 Å². The summed E-state index contributed by atoms with van der Waals surface area (Å²) in [7, 11) is 3.93. The van der Waals surface area contributed by atoms with Crippen molar-refractivity contribution in [2.45, 2.75) is 25.0 Å². The zero-order valence-corrected chi connectivity index (χ0v) is 14.0. The van der Waals surface area contributed by atoms with Gasteiger partial charge < -0.3 is 10.1 Å². The molecular weight excluding hydrogens is 304 g/mol. The summed E-state index contributed by atoms with van der Waals surface area (Å²) >= 11 is 0. The second-order valence-electron chi connectivity index (χ2n) is 6.97. The van der Waals surface area contributed by atoms with Gasteiger partial charge in [0.05, 0.1) is 24.3 Å². The summed E-state index contributed by atoms with van der Waals surface area (Å²) in [6.45, 7) is 2.25. The van der Waals surface area contributed by atoms with Gasteiger partial charge in [0.25, 0.3) is 0 Å². The highest BCUT2D eigenvalue weighted by Gasteiger charge is 2.74. The molecule has 5 rings (SSSR count). The van der Waals surface area contributed by atoms with Crippen LogP contribution in [-0.2, 0) is 7.05 Å². The molecule has 2 aliphatic rings. The monoisotopic (exact) mass is 324 g/mol. The van der Waals surface area contributed by atoms with Crippen LogP contribution in [-0.4, -0.2) is 43.1 Å². The Morgan fingerprint density at radius 3 is 2.92 bits per heavy atom. The molecule has 0 bridgehead atoms. The smallest absolute Gasteiger partial charge is 0.241 e. The molecule has 124 valence electrons. The quantitative estimate of drug-likeness (QED) is 0.788. The van der Waals surface area contributed by atoms with Crippen LogP contribution in [0.3, 0.4) is 0 Å². The normalized spacial score (nSPS) is 30.9. The Hall–Kier alpha value is -2.41. The van der Waals surface area contributed by atoms with E-state index >= 15 is 0 Å². The SMILES string of the molecule is CN[C@@H]1C2C[C@@]2(Oc2nc(-c3cnn(C)c3)cn3nccc23)[C@@H]1C. The van der Waals surface area contributed by atoms with Crippen LogP contribution in [0.25, 0.3) is 16.8 Å². The maximum absolute atomic E-state index is 6.46. The summed E-state index contributed by atoms with van der Waals surface area (Å²) in [5.41, 5.74) is 2.63. The molecule has 7 heteroatoms. The molecule has 0 radical (unpaired) electrons. The number of hydrogen-bond acceptors (Lipinski definition) is 5. The predicted octanol–water partition coefficient (Wildman–Crippen LogP) is 1.50. The molecule has 0 aromatic carbocycles. The Bertz CT molecular complexity index is 930. The molecule has 0 spiro atoms. The number of nitrogens with zero attached hydrogens (tertiary/aromatic N) is 5. The maximum atomic E-state index is 6.46. The largest absolute Gasteiger partial charge is 0.469 e. The second kappa shape index (κ2) is 4.57. The van der Waals surface area contributed by atoms with Crippen molar-refractivity contribution in [3.63, 3.8) is 0 Å². The summed E-state index contributed by atoms with van der Waals surface area (Å²) in [5, 5.41) is 12.0. The van der Waals surface area contributed by atoms with Crippen molar-refractivity contribution >= 4 is 5.52 Å². The van der Waals surface area contributed by atoms with Gasteiger partial charge in [0.15, 0.2) is 0 Å². The number of aryl methyl sites for hydroxylation is 1. The van der Waals surface area contributed by atoms with Crippen molar-refractivity contribution in [3.8, 4) is 17.1 Å². The molecule has 1 unspecified atom stereocenters. The Balaban J connectivity index is 1.55. The minimum Gasteiger partial charge on any atom is -0.469 e. The van der Waals surface area contributed by atoms with Crippen LogP contribution in [0.1, 0.15) is 13.3 Å². The first kappa shape index (κ1) is 14.0. The molecule has 24 heavy (non-hydrogen) atoms. The maximum Gasteiger partial charge on any atom is 0.241 e. The lowest BCUT2D eigenvalue weighted by molar-refractivity contribution is 0.00391. The van der Waals surface area contributed by atoms with Gasteiger partial charge >= 0.3 is 0 Å². The van der Waals surface area contributed by atoms with E-state index in [-0.39, 0.29) is 5.60 Å². The van der Waals surface area contributed by atoms with Gasteiger partial charge in [-0.15, -0.1) is 0 Å². The summed E-state index contributed by atoms with van der Waals surface area (Å²) < 4.78 is 10.1. The van der Waals surface area contributed by atoms with Crippen molar-refractivity contribution < 1.29 is 4.74 Å². The summed E-state index contributed by atoms with van der Waals surface area (Å²) in [6, 6.07) is 2.50. The van der Waals surface area contributed by atoms with Crippen LogP contribution in [0.4, 0.5) is 0 Å². The molecule has 3 aromatic heterocycles. The fourth-order valence-electron chi connectivity index (χ4n) is 4.28. The molecule has 7 nitrogen and oxygen atoms in total. The van der Waals surface area contributed by atoms with E-state index in [2.05, 4.69) is 22.4 Å². The van der Waals surface area contributed by atoms with Gasteiger partial charge in [0, 0.05) is 36.7 Å². The van der Waals surface area contributed by atoms with Crippen LogP contribution in [0.15, 0.2) is 30.9 Å². The van der Waals surface area contributed by atoms with E-state index in [4.69, 9.17) is 9.72 Å². The summed E-state index contributed by atoms with van der Waals surface area (Å²) in [6.07, 6.45) is 8.55. The third-order valence-corrected chi connectivity index (χ3v) is 5.73. The lowest BCUT2D eigenvalue weighted by Gasteiger charge is -2.41. The molecule has 3 aromatic rings. The highest BCUT2D eigenvalue weighted by atomic mass is 16.5. The molecule has 2 saturated carbocycles. The van der Waals surface area contributed by atoms with E-state index in [1.165, 1.54) is 0 Å². The first-order chi connectivity index (χ1) is 11.6. The van der Waals surface area contributed by atoms with Crippen LogP contribution in [0.5, 0.6) is 5.88 Å². The van der Waals surface area contributed by atoms with Crippen molar-refractivity contribution in [1.82, 2.24) is 29.7 Å². The molecule has 4 atom stereocenters. The van der Waals surface area contributed by atoms with Gasteiger partial charge in [0.2, 0.25) is 5.88 Å². The van der Waals surface area contributed by atoms with E-state index in [0.29, 0.717) is 23.8 Å². The van der Waals surface area contributed by atoms with Crippen LogP contribution >= 0.6 is 0 Å². The molecule has 0 amide bonds. The van der Waals surface area contributed by atoms with Crippen molar-refractivity contribution in [3.05, 3.63) is 30.9 Å². The third-order valence-electron chi connectivity index (χ3n) is 5.73. The Morgan fingerprint density at radius 1 is 1.33 bits per heavy atom. The molecule has 2 fully saturated rings. The second-order valence-corrected chi connectivity index (χ2v) is 6.97. The van der Waals surface area contributed by atoms with E-state index < -0.39 is 0 Å². The number of hydrogen-bond donors (Lipinski definition) is 1. The standard InChI is InChI=1S/C17H20N6O/c1-10-15(18-2)12-6-17(10,12)24-16-14-4-5-19-23(14)9-13(21-16)11-7-20-22(3)8-11/h4-5,7-10,12,15,18H,6H2,1-3H3/t10-,12?,15+,17-/m1/s1. The van der Waals surface area contributed by atoms with E-state index in [1.807, 2.05) is 43.3 Å². The molecule has 1 N–H and O–H groups in total. The fourth-order valence-corrected chi connectivity index (χ4v) is 4.28.